The summed E-state index contributed by atoms with van der Waals surface area (Å²) in [4.78, 5) is 39.2. The number of nitrogens with zero attached hydrogens (tertiary/aromatic N) is 1. The minimum atomic E-state index is -0.970. The van der Waals surface area contributed by atoms with Crippen LogP contribution in [0.3, 0.4) is 0 Å². The third kappa shape index (κ3) is 5.50. The number of amides is 1. The van der Waals surface area contributed by atoms with Crippen molar-refractivity contribution in [3.8, 4) is 34.1 Å². The fourth-order valence-corrected chi connectivity index (χ4v) is 6.22. The number of rotatable bonds is 8. The van der Waals surface area contributed by atoms with Crippen LogP contribution in [-0.2, 0) is 26.0 Å². The quantitative estimate of drug-likeness (QED) is 0.463. The van der Waals surface area contributed by atoms with Gasteiger partial charge in [0.2, 0.25) is 11.2 Å². The Bertz CT molecular complexity index is 1440. The van der Waals surface area contributed by atoms with Gasteiger partial charge in [0.1, 0.15) is 0 Å². The van der Waals surface area contributed by atoms with Gasteiger partial charge < -0.3 is 29.0 Å². The third-order valence-corrected chi connectivity index (χ3v) is 8.32. The molecule has 1 aliphatic heterocycles. The van der Waals surface area contributed by atoms with Crippen LogP contribution >= 0.6 is 0 Å². The highest BCUT2D eigenvalue weighted by atomic mass is 16.5. The molecular weight excluding hydrogens is 544 g/mol. The minimum absolute atomic E-state index is 0.137. The molecule has 1 saturated heterocycles. The first-order chi connectivity index (χ1) is 19.8. The molecule has 0 aromatic heterocycles. The lowest BCUT2D eigenvalue weighted by molar-refractivity contribution is -0.248. The molecule has 11 heteroatoms. The smallest absolute Gasteiger partial charge is 0.311 e. The molecule has 1 radical (unpaired) electrons. The molecule has 4 rings (SSSR count). The van der Waals surface area contributed by atoms with Crippen LogP contribution in [0.1, 0.15) is 57.7 Å². The SMILES string of the molecule is COc1cc2c(c(OC)c1OC)-c1ccc(OC)c(=O)cc1[C@@H](NC(=O)COC(=O)[C@H]1CC(C)(C)N([O])C1(C)C)CC2. The average Bonchev–Trinajstić information content (AvgIpc) is 3.10. The molecule has 2 aliphatic rings. The van der Waals surface area contributed by atoms with Gasteiger partial charge in [0.05, 0.1) is 45.9 Å². The monoisotopic (exact) mass is 583 g/mol. The summed E-state index contributed by atoms with van der Waals surface area (Å²) in [6, 6.07) is 6.04. The highest BCUT2D eigenvalue weighted by molar-refractivity contribution is 5.85. The molecular formula is C31H39N2O9. The Kier molecular flexibility index (Phi) is 8.75. The molecule has 2 aromatic carbocycles. The molecule has 1 amide bonds. The van der Waals surface area contributed by atoms with E-state index in [1.807, 2.05) is 6.07 Å². The first-order valence-electron chi connectivity index (χ1n) is 13.8. The summed E-state index contributed by atoms with van der Waals surface area (Å²) < 4.78 is 27.7. The summed E-state index contributed by atoms with van der Waals surface area (Å²) in [7, 11) is 5.99. The summed E-state index contributed by atoms with van der Waals surface area (Å²) in [6.07, 6.45) is 1.25. The molecule has 11 nitrogen and oxygen atoms in total. The number of carbonyl (C=O) groups is 2. The maximum atomic E-state index is 13.2. The first kappa shape index (κ1) is 31.1. The number of hydrogen-bond acceptors (Lipinski definition) is 9. The molecule has 0 bridgehead atoms. The lowest BCUT2D eigenvalue weighted by Gasteiger charge is -2.32. The molecule has 0 unspecified atom stereocenters. The van der Waals surface area contributed by atoms with Crippen LogP contribution in [0.5, 0.6) is 23.0 Å². The Morgan fingerprint density at radius 1 is 0.952 bits per heavy atom. The zero-order chi connectivity index (χ0) is 31.0. The van der Waals surface area contributed by atoms with Crippen LogP contribution in [-0.4, -0.2) is 63.1 Å². The summed E-state index contributed by atoms with van der Waals surface area (Å²) in [5.41, 5.74) is 0.719. The molecule has 1 fully saturated rings. The van der Waals surface area contributed by atoms with Crippen molar-refractivity contribution in [2.75, 3.05) is 35.0 Å². The van der Waals surface area contributed by atoms with Crippen molar-refractivity contribution < 1.29 is 38.5 Å². The van der Waals surface area contributed by atoms with Gasteiger partial charge in [-0.25, -0.2) is 0 Å². The zero-order valence-corrected chi connectivity index (χ0v) is 25.4. The summed E-state index contributed by atoms with van der Waals surface area (Å²) in [6.45, 7) is 6.44. The normalized spacial score (nSPS) is 20.4. The highest BCUT2D eigenvalue weighted by Crippen LogP contribution is 2.50. The molecule has 1 aliphatic carbocycles. The summed E-state index contributed by atoms with van der Waals surface area (Å²) in [5.74, 6) is -0.364. The van der Waals surface area contributed by atoms with Crippen molar-refractivity contribution in [3.05, 3.63) is 45.6 Å². The fourth-order valence-electron chi connectivity index (χ4n) is 6.22. The van der Waals surface area contributed by atoms with E-state index in [-0.39, 0.29) is 11.2 Å². The van der Waals surface area contributed by atoms with E-state index >= 15 is 0 Å². The fraction of sp³-hybridized carbons (Fsp3) is 0.516. The van der Waals surface area contributed by atoms with Crippen molar-refractivity contribution in [1.29, 1.82) is 0 Å². The number of aryl methyl sites for hydroxylation is 1. The third-order valence-electron chi connectivity index (χ3n) is 8.32. The number of nitrogens with one attached hydrogen (secondary N) is 1. The van der Waals surface area contributed by atoms with E-state index < -0.39 is 41.5 Å². The molecule has 42 heavy (non-hydrogen) atoms. The maximum Gasteiger partial charge on any atom is 0.311 e. The second-order valence-corrected chi connectivity index (χ2v) is 11.7. The van der Waals surface area contributed by atoms with E-state index in [0.717, 1.165) is 10.6 Å². The second kappa shape index (κ2) is 11.8. The molecule has 0 spiro atoms. The van der Waals surface area contributed by atoms with E-state index in [9.17, 15) is 19.6 Å². The van der Waals surface area contributed by atoms with Gasteiger partial charge in [-0.2, -0.15) is 0 Å². The Hall–Kier alpha value is -3.83. The van der Waals surface area contributed by atoms with Gasteiger partial charge in [0.15, 0.2) is 23.9 Å². The number of carbonyl (C=O) groups excluding carboxylic acids is 2. The van der Waals surface area contributed by atoms with Crippen LogP contribution in [0.4, 0.5) is 0 Å². The number of ether oxygens (including phenoxy) is 5. The van der Waals surface area contributed by atoms with Crippen molar-refractivity contribution in [1.82, 2.24) is 10.4 Å². The van der Waals surface area contributed by atoms with Crippen LogP contribution in [0.15, 0.2) is 29.1 Å². The van der Waals surface area contributed by atoms with Crippen molar-refractivity contribution in [2.24, 2.45) is 5.92 Å². The van der Waals surface area contributed by atoms with Crippen molar-refractivity contribution in [3.63, 3.8) is 0 Å². The predicted octanol–water partition coefficient (Wildman–Crippen LogP) is 3.62. The van der Waals surface area contributed by atoms with Gasteiger partial charge in [-0.05, 0) is 81.8 Å². The van der Waals surface area contributed by atoms with E-state index in [1.165, 1.54) is 34.5 Å². The zero-order valence-electron chi connectivity index (χ0n) is 25.4. The van der Waals surface area contributed by atoms with Crippen LogP contribution in [0, 0.1) is 5.92 Å². The molecule has 0 saturated carbocycles. The average molecular weight is 584 g/mol. The number of fused-ring (bicyclic) bond motifs is 3. The highest BCUT2D eigenvalue weighted by Gasteiger charge is 2.56. The summed E-state index contributed by atoms with van der Waals surface area (Å²) >= 11 is 0. The number of hydroxylamine groups is 2. The standard InChI is InChI=1S/C31H39N2O9/c1-30(2)15-20(31(3,4)33(30)37)29(36)42-16-25(35)32-21-11-9-17-13-24(39-6)27(40-7)28(41-8)26(17)18-10-12-23(38-5)22(34)14-19(18)21/h10,12-14,20-21H,9,11,15-16H2,1-8H3,(H,32,35)/t20-,21+/m1/s1. The maximum absolute atomic E-state index is 13.2. The van der Waals surface area contributed by atoms with Gasteiger partial charge in [-0.1, -0.05) is 6.07 Å². The van der Waals surface area contributed by atoms with E-state index in [1.54, 1.807) is 39.8 Å². The first-order valence-corrected chi connectivity index (χ1v) is 13.8. The Labute approximate surface area is 245 Å². The number of methoxy groups -OCH3 is 4. The van der Waals surface area contributed by atoms with Crippen LogP contribution in [0.25, 0.3) is 11.1 Å². The second-order valence-electron chi connectivity index (χ2n) is 11.7. The number of benzene rings is 1. The largest absolute Gasteiger partial charge is 0.493 e. The van der Waals surface area contributed by atoms with Gasteiger partial charge in [-0.15, -0.1) is 10.3 Å². The molecule has 2 atom stereocenters. The topological polar surface area (TPSA) is 133 Å². The Balaban J connectivity index is 1.67. The van der Waals surface area contributed by atoms with Crippen molar-refractivity contribution >= 4 is 11.9 Å². The van der Waals surface area contributed by atoms with Gasteiger partial charge in [0.25, 0.3) is 5.91 Å². The lowest BCUT2D eigenvalue weighted by atomic mass is 9.87. The van der Waals surface area contributed by atoms with Gasteiger partial charge >= 0.3 is 5.97 Å². The number of esters is 1. The van der Waals surface area contributed by atoms with E-state index in [4.69, 9.17) is 23.7 Å². The van der Waals surface area contributed by atoms with Crippen molar-refractivity contribution in [2.45, 2.75) is 64.1 Å². The summed E-state index contributed by atoms with van der Waals surface area (Å²) in [5, 5.41) is 16.6. The Morgan fingerprint density at radius 3 is 2.19 bits per heavy atom. The molecule has 2 aromatic rings. The molecule has 1 N–H and O–H groups in total. The van der Waals surface area contributed by atoms with Gasteiger partial charge in [0, 0.05) is 11.1 Å². The van der Waals surface area contributed by atoms with Crippen LogP contribution < -0.4 is 29.7 Å². The van der Waals surface area contributed by atoms with E-state index in [0.29, 0.717) is 53.2 Å². The molecule has 227 valence electrons. The number of hydrogen-bond donors (Lipinski definition) is 1. The predicted molar refractivity (Wildman–Crippen MR) is 153 cm³/mol. The minimum Gasteiger partial charge on any atom is -0.493 e. The van der Waals surface area contributed by atoms with Gasteiger partial charge in [-0.3, -0.25) is 14.4 Å². The Morgan fingerprint density at radius 2 is 1.62 bits per heavy atom. The lowest BCUT2D eigenvalue weighted by Crippen LogP contribution is -2.47. The molecule has 1 heterocycles. The van der Waals surface area contributed by atoms with Crippen LogP contribution in [0.2, 0.25) is 0 Å². The van der Waals surface area contributed by atoms with E-state index in [2.05, 4.69) is 5.32 Å².